The first kappa shape index (κ1) is 62.7. The van der Waals surface area contributed by atoms with Crippen LogP contribution in [0, 0.1) is 0 Å². The molecular formula is C54H105N2O7P. The van der Waals surface area contributed by atoms with E-state index >= 15 is 0 Å². The van der Waals surface area contributed by atoms with Gasteiger partial charge in [0.25, 0.3) is 0 Å². The molecule has 0 aliphatic rings. The van der Waals surface area contributed by atoms with E-state index in [4.69, 9.17) is 14.8 Å². The average Bonchev–Trinajstić information content (AvgIpc) is 3.28. The highest BCUT2D eigenvalue weighted by Gasteiger charge is 2.27. The van der Waals surface area contributed by atoms with Gasteiger partial charge in [-0.2, -0.15) is 0 Å². The number of allylic oxidation sites excluding steroid dienone is 5. The maximum Gasteiger partial charge on any atom is 0.472 e. The molecule has 0 heterocycles. The molecule has 0 aromatic rings. The van der Waals surface area contributed by atoms with Crippen molar-refractivity contribution >= 4 is 13.7 Å². The lowest BCUT2D eigenvalue weighted by molar-refractivity contribution is -0.124. The summed E-state index contributed by atoms with van der Waals surface area (Å²) < 4.78 is 22.2. The number of phosphoric ester groups is 1. The molecule has 9 nitrogen and oxygen atoms in total. The van der Waals surface area contributed by atoms with Gasteiger partial charge in [-0.1, -0.05) is 249 Å². The van der Waals surface area contributed by atoms with E-state index < -0.39 is 38.6 Å². The zero-order valence-electron chi connectivity index (χ0n) is 41.9. The third-order valence-electron chi connectivity index (χ3n) is 12.3. The number of hydrogen-bond donors (Lipinski definition) is 5. The minimum Gasteiger partial charge on any atom is -0.393 e. The summed E-state index contributed by atoms with van der Waals surface area (Å²) in [7, 11) is -4.42. The standard InChI is InChI=1S/C54H105N2O7P/c1-3-5-7-9-11-13-15-17-19-21-23-25-27-29-31-33-35-37-39-41-43-45-51(57)49-54(59)56-52(50-63-64(60,61)62-48-47-55)53(58)46-44-42-40-38-36-34-32-30-28-26-24-22-20-18-16-14-12-10-8-6-4-2/h28,30,36,38,44,46,51-53,57-58H,3-27,29,31-35,37,39-43,45,47-50,55H2,1-2H3,(H,56,59)(H,60,61)/b30-28+,38-36+,46-44+. The Labute approximate surface area is 395 Å². The molecular weight excluding hydrogens is 820 g/mol. The van der Waals surface area contributed by atoms with Gasteiger partial charge in [0, 0.05) is 6.54 Å². The molecule has 0 rings (SSSR count). The minimum atomic E-state index is -4.42. The second kappa shape index (κ2) is 49.6. The van der Waals surface area contributed by atoms with Crippen LogP contribution < -0.4 is 11.1 Å². The highest BCUT2D eigenvalue weighted by molar-refractivity contribution is 7.47. The van der Waals surface area contributed by atoms with Crippen LogP contribution in [0.2, 0.25) is 0 Å². The topological polar surface area (TPSA) is 151 Å². The van der Waals surface area contributed by atoms with Crippen LogP contribution in [-0.4, -0.2) is 59.0 Å². The third-order valence-corrected chi connectivity index (χ3v) is 13.2. The zero-order valence-corrected chi connectivity index (χ0v) is 42.8. The van der Waals surface area contributed by atoms with Gasteiger partial charge in [-0.05, 0) is 44.9 Å². The van der Waals surface area contributed by atoms with Crippen LogP contribution in [0.1, 0.15) is 264 Å². The molecule has 0 aliphatic heterocycles. The number of nitrogens with one attached hydrogen (secondary N) is 1. The Hall–Kier alpha value is -1.32. The molecule has 6 N–H and O–H groups in total. The molecule has 64 heavy (non-hydrogen) atoms. The Balaban J connectivity index is 4.20. The van der Waals surface area contributed by atoms with E-state index in [9.17, 15) is 24.5 Å². The second-order valence-corrected chi connectivity index (χ2v) is 20.1. The number of unbranched alkanes of at least 4 members (excludes halogenated alkanes) is 33. The van der Waals surface area contributed by atoms with Gasteiger partial charge in [-0.25, -0.2) is 4.57 Å². The van der Waals surface area contributed by atoms with Gasteiger partial charge in [0.1, 0.15) is 0 Å². The van der Waals surface area contributed by atoms with E-state index in [0.29, 0.717) is 12.8 Å². The maximum atomic E-state index is 12.9. The summed E-state index contributed by atoms with van der Waals surface area (Å²) in [5.74, 6) is -0.455. The molecule has 1 amide bonds. The van der Waals surface area contributed by atoms with Gasteiger partial charge in [0.05, 0.1) is 37.9 Å². The number of rotatable bonds is 51. The summed E-state index contributed by atoms with van der Waals surface area (Å²) in [5, 5.41) is 24.2. The number of carbonyl (C=O) groups is 1. The van der Waals surface area contributed by atoms with Crippen molar-refractivity contribution in [3.63, 3.8) is 0 Å². The summed E-state index contributed by atoms with van der Waals surface area (Å²) in [6, 6.07) is -1.00. The number of nitrogens with two attached hydrogens (primary N) is 1. The van der Waals surface area contributed by atoms with Crippen molar-refractivity contribution in [1.29, 1.82) is 0 Å². The molecule has 378 valence electrons. The maximum absolute atomic E-state index is 12.9. The minimum absolute atomic E-state index is 0.0432. The molecule has 4 atom stereocenters. The van der Waals surface area contributed by atoms with Crippen molar-refractivity contribution in [2.75, 3.05) is 19.8 Å². The van der Waals surface area contributed by atoms with Crippen molar-refractivity contribution in [1.82, 2.24) is 5.32 Å². The van der Waals surface area contributed by atoms with Gasteiger partial charge in [0.2, 0.25) is 5.91 Å². The Kier molecular flexibility index (Phi) is 48.6. The van der Waals surface area contributed by atoms with Crippen LogP contribution in [0.4, 0.5) is 0 Å². The fourth-order valence-corrected chi connectivity index (χ4v) is 8.91. The van der Waals surface area contributed by atoms with Crippen LogP contribution in [0.3, 0.4) is 0 Å². The van der Waals surface area contributed by atoms with Gasteiger partial charge >= 0.3 is 7.82 Å². The highest BCUT2D eigenvalue weighted by Crippen LogP contribution is 2.43. The largest absolute Gasteiger partial charge is 0.472 e. The highest BCUT2D eigenvalue weighted by atomic mass is 31.2. The normalized spacial score (nSPS) is 14.5. The molecule has 0 saturated carbocycles. The van der Waals surface area contributed by atoms with Crippen molar-refractivity contribution in [3.05, 3.63) is 36.5 Å². The lowest BCUT2D eigenvalue weighted by Gasteiger charge is -2.24. The first-order valence-corrected chi connectivity index (χ1v) is 28.7. The number of carbonyl (C=O) groups excluding carboxylic acids is 1. The fourth-order valence-electron chi connectivity index (χ4n) is 8.15. The number of phosphoric acid groups is 1. The number of hydrogen-bond acceptors (Lipinski definition) is 7. The van der Waals surface area contributed by atoms with Crippen molar-refractivity contribution in [3.8, 4) is 0 Å². The SMILES string of the molecule is CCCCCCCCCCCCC/C=C/CC/C=C/CC/C=C/C(O)C(COP(=O)(O)OCCN)NC(=O)CC(O)CCCCCCCCCCCCCCCCCCCCCCC. The molecule has 0 fully saturated rings. The van der Waals surface area contributed by atoms with Crippen LogP contribution >= 0.6 is 7.82 Å². The Morgan fingerprint density at radius 2 is 0.891 bits per heavy atom. The van der Waals surface area contributed by atoms with E-state index in [-0.39, 0.29) is 19.6 Å². The Morgan fingerprint density at radius 1 is 0.531 bits per heavy atom. The number of aliphatic hydroxyl groups is 2. The fraction of sp³-hybridized carbons (Fsp3) is 0.870. The first-order chi connectivity index (χ1) is 31.3. The van der Waals surface area contributed by atoms with E-state index in [1.54, 1.807) is 6.08 Å². The quantitative estimate of drug-likeness (QED) is 0.0230. The molecule has 0 spiro atoms. The summed E-state index contributed by atoms with van der Waals surface area (Å²) in [4.78, 5) is 22.9. The molecule has 4 unspecified atom stereocenters. The molecule has 0 bridgehead atoms. The van der Waals surface area contributed by atoms with Crippen molar-refractivity contribution < 1.29 is 33.5 Å². The predicted molar refractivity (Wildman–Crippen MR) is 274 cm³/mol. The predicted octanol–water partition coefficient (Wildman–Crippen LogP) is 15.2. The summed E-state index contributed by atoms with van der Waals surface area (Å²) >= 11 is 0. The molecule has 0 aromatic carbocycles. The van der Waals surface area contributed by atoms with Crippen molar-refractivity contribution in [2.24, 2.45) is 5.73 Å². The molecule has 0 saturated heterocycles. The third kappa shape index (κ3) is 47.2. The van der Waals surface area contributed by atoms with E-state index in [2.05, 4.69) is 43.5 Å². The van der Waals surface area contributed by atoms with Crippen LogP contribution in [0.5, 0.6) is 0 Å². The van der Waals surface area contributed by atoms with Crippen LogP contribution in [0.15, 0.2) is 36.5 Å². The van der Waals surface area contributed by atoms with Gasteiger partial charge in [0.15, 0.2) is 0 Å². The van der Waals surface area contributed by atoms with Gasteiger partial charge in [-0.3, -0.25) is 13.8 Å². The lowest BCUT2D eigenvalue weighted by Crippen LogP contribution is -2.46. The van der Waals surface area contributed by atoms with Crippen molar-refractivity contribution in [2.45, 2.75) is 283 Å². The monoisotopic (exact) mass is 925 g/mol. The first-order valence-electron chi connectivity index (χ1n) is 27.2. The van der Waals surface area contributed by atoms with Gasteiger partial charge < -0.3 is 26.2 Å². The van der Waals surface area contributed by atoms with E-state index in [1.165, 1.54) is 186 Å². The van der Waals surface area contributed by atoms with E-state index in [1.807, 2.05) is 6.08 Å². The Morgan fingerprint density at radius 3 is 1.30 bits per heavy atom. The lowest BCUT2D eigenvalue weighted by atomic mass is 10.0. The smallest absolute Gasteiger partial charge is 0.393 e. The van der Waals surface area contributed by atoms with Gasteiger partial charge in [-0.15, -0.1) is 0 Å². The zero-order chi connectivity index (χ0) is 46.9. The molecule has 0 radical (unpaired) electrons. The number of aliphatic hydroxyl groups excluding tert-OH is 2. The molecule has 0 aromatic heterocycles. The summed E-state index contributed by atoms with van der Waals surface area (Å²) in [5.41, 5.74) is 5.38. The second-order valence-electron chi connectivity index (χ2n) is 18.6. The average molecular weight is 925 g/mol. The molecule has 10 heteroatoms. The summed E-state index contributed by atoms with van der Waals surface area (Å²) in [6.07, 6.45) is 58.2. The Bertz CT molecular complexity index is 1120. The number of amides is 1. The van der Waals surface area contributed by atoms with Crippen LogP contribution in [-0.2, 0) is 18.4 Å². The summed E-state index contributed by atoms with van der Waals surface area (Å²) in [6.45, 7) is 3.98. The van der Waals surface area contributed by atoms with E-state index in [0.717, 1.165) is 44.9 Å². The molecule has 0 aliphatic carbocycles. The van der Waals surface area contributed by atoms with Crippen LogP contribution in [0.25, 0.3) is 0 Å².